The second kappa shape index (κ2) is 7.14. The summed E-state index contributed by atoms with van der Waals surface area (Å²) in [5, 5.41) is 2.84. The lowest BCUT2D eigenvalue weighted by molar-refractivity contribution is -0.113. The highest BCUT2D eigenvalue weighted by Gasteiger charge is 2.05. The summed E-state index contributed by atoms with van der Waals surface area (Å²) in [6.45, 7) is 3.60. The summed E-state index contributed by atoms with van der Waals surface area (Å²) < 4.78 is 1.81. The van der Waals surface area contributed by atoms with Crippen molar-refractivity contribution in [3.05, 3.63) is 39.8 Å². The van der Waals surface area contributed by atoms with Crippen LogP contribution in [0.2, 0.25) is 0 Å². The van der Waals surface area contributed by atoms with Crippen LogP contribution in [0.15, 0.2) is 39.8 Å². The summed E-state index contributed by atoms with van der Waals surface area (Å²) in [7, 11) is 0. The van der Waals surface area contributed by atoms with E-state index in [1.807, 2.05) is 18.2 Å². The van der Waals surface area contributed by atoms with Gasteiger partial charge in [-0.2, -0.15) is 0 Å². The zero-order chi connectivity index (χ0) is 12.0. The standard InChI is InChI=1S/C11H11Br2NOS/c1-2-5-16-7-11(15)14-10-6-8(12)3-4-9(10)13/h2-4,6H,1,5,7H2,(H,14,15). The number of rotatable bonds is 5. The predicted octanol–water partition coefficient (Wildman–Crippen LogP) is 4.07. The minimum Gasteiger partial charge on any atom is -0.324 e. The Morgan fingerprint density at radius 2 is 2.25 bits per heavy atom. The van der Waals surface area contributed by atoms with Crippen molar-refractivity contribution in [3.63, 3.8) is 0 Å². The molecular weight excluding hydrogens is 354 g/mol. The first-order valence-electron chi connectivity index (χ1n) is 4.57. The zero-order valence-electron chi connectivity index (χ0n) is 8.50. The number of benzene rings is 1. The number of hydrogen-bond donors (Lipinski definition) is 1. The molecule has 0 unspecified atom stereocenters. The molecule has 0 spiro atoms. The smallest absolute Gasteiger partial charge is 0.234 e. The Morgan fingerprint density at radius 3 is 2.94 bits per heavy atom. The highest BCUT2D eigenvalue weighted by Crippen LogP contribution is 2.26. The van der Waals surface area contributed by atoms with Crippen LogP contribution >= 0.6 is 43.6 Å². The van der Waals surface area contributed by atoms with Crippen molar-refractivity contribution >= 4 is 55.2 Å². The molecule has 0 saturated heterocycles. The Balaban J connectivity index is 2.55. The van der Waals surface area contributed by atoms with Crippen molar-refractivity contribution in [2.75, 3.05) is 16.8 Å². The third kappa shape index (κ3) is 4.72. The number of halogens is 2. The molecule has 0 aliphatic carbocycles. The van der Waals surface area contributed by atoms with Gasteiger partial charge in [0.1, 0.15) is 0 Å². The van der Waals surface area contributed by atoms with Gasteiger partial charge in [-0.15, -0.1) is 18.3 Å². The molecule has 0 radical (unpaired) electrons. The second-order valence-corrected chi connectivity index (χ2v) is 5.78. The Labute approximate surface area is 116 Å². The predicted molar refractivity (Wildman–Crippen MR) is 78.0 cm³/mol. The third-order valence-electron chi connectivity index (χ3n) is 1.67. The maximum atomic E-state index is 11.5. The number of carbonyl (C=O) groups is 1. The van der Waals surface area contributed by atoms with E-state index in [0.29, 0.717) is 5.75 Å². The van der Waals surface area contributed by atoms with Gasteiger partial charge < -0.3 is 5.32 Å². The van der Waals surface area contributed by atoms with E-state index >= 15 is 0 Å². The van der Waals surface area contributed by atoms with Gasteiger partial charge in [-0.25, -0.2) is 0 Å². The van der Waals surface area contributed by atoms with E-state index in [9.17, 15) is 4.79 Å². The molecule has 0 aromatic heterocycles. The average Bonchev–Trinajstić information content (AvgIpc) is 2.24. The molecule has 1 amide bonds. The van der Waals surface area contributed by atoms with Crippen molar-refractivity contribution in [1.29, 1.82) is 0 Å². The minimum absolute atomic E-state index is 0.00866. The maximum absolute atomic E-state index is 11.5. The first-order valence-corrected chi connectivity index (χ1v) is 7.31. The lowest BCUT2D eigenvalue weighted by Gasteiger charge is -2.07. The average molecular weight is 365 g/mol. The van der Waals surface area contributed by atoms with Crippen LogP contribution in [0, 0.1) is 0 Å². The van der Waals surface area contributed by atoms with Gasteiger partial charge in [0.2, 0.25) is 5.91 Å². The monoisotopic (exact) mass is 363 g/mol. The Morgan fingerprint density at radius 1 is 1.50 bits per heavy atom. The van der Waals surface area contributed by atoms with Crippen molar-refractivity contribution in [3.8, 4) is 0 Å². The number of amides is 1. The zero-order valence-corrected chi connectivity index (χ0v) is 12.5. The molecule has 1 aromatic carbocycles. The van der Waals surface area contributed by atoms with Crippen LogP contribution in [0.1, 0.15) is 0 Å². The van der Waals surface area contributed by atoms with Crippen LogP contribution in [-0.2, 0) is 4.79 Å². The van der Waals surface area contributed by atoms with Crippen molar-refractivity contribution in [2.24, 2.45) is 0 Å². The van der Waals surface area contributed by atoms with E-state index in [1.165, 1.54) is 11.8 Å². The van der Waals surface area contributed by atoms with Gasteiger partial charge in [0.25, 0.3) is 0 Å². The molecule has 0 fully saturated rings. The largest absolute Gasteiger partial charge is 0.324 e. The van der Waals surface area contributed by atoms with E-state index in [1.54, 1.807) is 6.08 Å². The Hall–Kier alpha value is -0.260. The first-order chi connectivity index (χ1) is 7.63. The molecule has 0 atom stereocenters. The molecule has 5 heteroatoms. The lowest BCUT2D eigenvalue weighted by atomic mass is 10.3. The fourth-order valence-electron chi connectivity index (χ4n) is 1.01. The quantitative estimate of drug-likeness (QED) is 0.630. The molecule has 0 aliphatic rings. The highest BCUT2D eigenvalue weighted by molar-refractivity contribution is 9.11. The van der Waals surface area contributed by atoms with Gasteiger partial charge in [-0.3, -0.25) is 4.79 Å². The number of hydrogen-bond acceptors (Lipinski definition) is 2. The van der Waals surface area contributed by atoms with Crippen LogP contribution in [0.4, 0.5) is 5.69 Å². The minimum atomic E-state index is -0.00866. The number of nitrogens with one attached hydrogen (secondary N) is 1. The fourth-order valence-corrected chi connectivity index (χ4v) is 2.26. The maximum Gasteiger partial charge on any atom is 0.234 e. The van der Waals surface area contributed by atoms with E-state index in [0.717, 1.165) is 20.4 Å². The SMILES string of the molecule is C=CCSCC(=O)Nc1cc(Br)ccc1Br. The van der Waals surface area contributed by atoms with Crippen LogP contribution in [0.3, 0.4) is 0 Å². The van der Waals surface area contributed by atoms with Crippen LogP contribution < -0.4 is 5.32 Å². The summed E-state index contributed by atoms with van der Waals surface area (Å²) in [5.74, 6) is 1.21. The van der Waals surface area contributed by atoms with E-state index < -0.39 is 0 Å². The molecule has 2 nitrogen and oxygen atoms in total. The molecule has 0 bridgehead atoms. The fraction of sp³-hybridized carbons (Fsp3) is 0.182. The summed E-state index contributed by atoms with van der Waals surface area (Å²) >= 11 is 8.28. The Bertz CT molecular complexity index is 396. The van der Waals surface area contributed by atoms with Gasteiger partial charge in [0.15, 0.2) is 0 Å². The lowest BCUT2D eigenvalue weighted by Crippen LogP contribution is -2.14. The molecule has 1 rings (SSSR count). The van der Waals surface area contributed by atoms with Crippen LogP contribution in [-0.4, -0.2) is 17.4 Å². The molecule has 0 aliphatic heterocycles. The van der Waals surface area contributed by atoms with Crippen LogP contribution in [0.25, 0.3) is 0 Å². The summed E-state index contributed by atoms with van der Waals surface area (Å²) in [6.07, 6.45) is 1.78. The second-order valence-electron chi connectivity index (χ2n) is 2.98. The molecule has 1 N–H and O–H groups in total. The van der Waals surface area contributed by atoms with E-state index in [4.69, 9.17) is 0 Å². The topological polar surface area (TPSA) is 29.1 Å². The molecular formula is C11H11Br2NOS. The van der Waals surface area contributed by atoms with Crippen molar-refractivity contribution in [2.45, 2.75) is 0 Å². The van der Waals surface area contributed by atoms with Gasteiger partial charge in [0, 0.05) is 14.7 Å². The van der Waals surface area contributed by atoms with E-state index in [-0.39, 0.29) is 5.91 Å². The van der Waals surface area contributed by atoms with E-state index in [2.05, 4.69) is 43.8 Å². The number of anilines is 1. The third-order valence-corrected chi connectivity index (χ3v) is 3.79. The normalized spacial score (nSPS) is 9.88. The van der Waals surface area contributed by atoms with Crippen LogP contribution in [0.5, 0.6) is 0 Å². The van der Waals surface area contributed by atoms with Gasteiger partial charge in [0.05, 0.1) is 11.4 Å². The number of thioether (sulfide) groups is 1. The highest BCUT2D eigenvalue weighted by atomic mass is 79.9. The molecule has 16 heavy (non-hydrogen) atoms. The van der Waals surface area contributed by atoms with Gasteiger partial charge in [-0.1, -0.05) is 22.0 Å². The molecule has 0 heterocycles. The van der Waals surface area contributed by atoms with Gasteiger partial charge >= 0.3 is 0 Å². The summed E-state index contributed by atoms with van der Waals surface area (Å²) in [4.78, 5) is 11.5. The molecule has 1 aromatic rings. The van der Waals surface area contributed by atoms with Crippen molar-refractivity contribution in [1.82, 2.24) is 0 Å². The van der Waals surface area contributed by atoms with Gasteiger partial charge in [-0.05, 0) is 34.1 Å². The summed E-state index contributed by atoms with van der Waals surface area (Å²) in [6, 6.07) is 5.66. The molecule has 0 saturated carbocycles. The Kier molecular flexibility index (Phi) is 6.16. The first kappa shape index (κ1) is 13.8. The molecule has 86 valence electrons. The van der Waals surface area contributed by atoms with Crippen molar-refractivity contribution < 1.29 is 4.79 Å². The number of carbonyl (C=O) groups excluding carboxylic acids is 1. The summed E-state index contributed by atoms with van der Waals surface area (Å²) in [5.41, 5.74) is 0.776.